The van der Waals surface area contributed by atoms with Crippen LogP contribution >= 0.6 is 12.4 Å². The molecule has 0 aromatic rings. The molecule has 0 aromatic carbocycles. The van der Waals surface area contributed by atoms with Gasteiger partial charge in [0.05, 0.1) is 25.2 Å². The minimum Gasteiger partial charge on any atom is -0.378 e. The van der Waals surface area contributed by atoms with Crippen LogP contribution in [0.2, 0.25) is 0 Å². The Morgan fingerprint density at radius 2 is 1.73 bits per heavy atom. The van der Waals surface area contributed by atoms with Crippen molar-refractivity contribution in [1.29, 1.82) is 0 Å². The van der Waals surface area contributed by atoms with E-state index in [2.05, 4.69) is 5.32 Å². The van der Waals surface area contributed by atoms with Crippen molar-refractivity contribution in [2.75, 3.05) is 45.9 Å². The summed E-state index contributed by atoms with van der Waals surface area (Å²) < 4.78 is 5.30. The third-order valence-electron chi connectivity index (χ3n) is 4.76. The summed E-state index contributed by atoms with van der Waals surface area (Å²) in [5.74, 6) is 0.365. The van der Waals surface area contributed by atoms with Gasteiger partial charge in [-0.25, -0.2) is 0 Å². The van der Waals surface area contributed by atoms with E-state index in [4.69, 9.17) is 4.74 Å². The molecular formula is C15H26ClN3O3. The van der Waals surface area contributed by atoms with E-state index in [0.29, 0.717) is 32.8 Å². The quantitative estimate of drug-likeness (QED) is 0.788. The van der Waals surface area contributed by atoms with E-state index in [-0.39, 0.29) is 36.2 Å². The van der Waals surface area contributed by atoms with Crippen molar-refractivity contribution in [2.45, 2.75) is 31.7 Å². The summed E-state index contributed by atoms with van der Waals surface area (Å²) >= 11 is 0. The summed E-state index contributed by atoms with van der Waals surface area (Å²) in [5, 5.41) is 3.26. The summed E-state index contributed by atoms with van der Waals surface area (Å²) in [5.41, 5.74) is 0. The largest absolute Gasteiger partial charge is 0.378 e. The first-order chi connectivity index (χ1) is 10.3. The fraction of sp³-hybridized carbons (Fsp3) is 0.867. The molecule has 3 fully saturated rings. The van der Waals surface area contributed by atoms with Crippen LogP contribution in [0.5, 0.6) is 0 Å². The van der Waals surface area contributed by atoms with Crippen molar-refractivity contribution in [3.8, 4) is 0 Å². The maximum Gasteiger partial charge on any atom is 0.239 e. The van der Waals surface area contributed by atoms with Crippen molar-refractivity contribution < 1.29 is 14.3 Å². The highest BCUT2D eigenvalue weighted by Crippen LogP contribution is 2.21. The molecule has 6 nitrogen and oxygen atoms in total. The van der Waals surface area contributed by atoms with Crippen molar-refractivity contribution in [2.24, 2.45) is 5.92 Å². The van der Waals surface area contributed by atoms with Gasteiger partial charge < -0.3 is 19.9 Å². The molecule has 3 aliphatic rings. The zero-order valence-corrected chi connectivity index (χ0v) is 13.8. The normalized spacial score (nSPS) is 29.1. The third kappa shape index (κ3) is 3.91. The molecule has 0 aromatic heterocycles. The van der Waals surface area contributed by atoms with Gasteiger partial charge in [0.1, 0.15) is 0 Å². The van der Waals surface area contributed by atoms with Gasteiger partial charge in [-0.1, -0.05) is 0 Å². The highest BCUT2D eigenvalue weighted by Gasteiger charge is 2.34. The smallest absolute Gasteiger partial charge is 0.239 e. The van der Waals surface area contributed by atoms with E-state index in [9.17, 15) is 9.59 Å². The van der Waals surface area contributed by atoms with E-state index in [1.807, 2.05) is 9.80 Å². The molecule has 3 saturated heterocycles. The number of nitrogens with one attached hydrogen (secondary N) is 1. The molecule has 2 atom stereocenters. The number of piperidine rings is 1. The van der Waals surface area contributed by atoms with Crippen LogP contribution in [0.25, 0.3) is 0 Å². The predicted octanol–water partition coefficient (Wildman–Crippen LogP) is 0.258. The van der Waals surface area contributed by atoms with E-state index in [1.54, 1.807) is 0 Å². The number of ether oxygens (including phenoxy) is 1. The Morgan fingerprint density at radius 1 is 0.955 bits per heavy atom. The maximum atomic E-state index is 12.6. The van der Waals surface area contributed by atoms with Crippen LogP contribution < -0.4 is 5.32 Å². The van der Waals surface area contributed by atoms with Gasteiger partial charge in [0, 0.05) is 26.2 Å². The second-order valence-corrected chi connectivity index (χ2v) is 6.21. The SMILES string of the molecule is Cl.O=C(C1CCCN(C(=O)C2CCCN2)C1)N1CCOCC1. The molecular weight excluding hydrogens is 306 g/mol. The lowest BCUT2D eigenvalue weighted by Crippen LogP contribution is -2.52. The lowest BCUT2D eigenvalue weighted by Gasteiger charge is -2.37. The lowest BCUT2D eigenvalue weighted by atomic mass is 9.95. The summed E-state index contributed by atoms with van der Waals surface area (Å²) in [6.45, 7) is 4.96. The van der Waals surface area contributed by atoms with Crippen molar-refractivity contribution in [3.63, 3.8) is 0 Å². The molecule has 2 amide bonds. The number of hydrogen-bond acceptors (Lipinski definition) is 4. The number of carbonyl (C=O) groups excluding carboxylic acids is 2. The first-order valence-corrected chi connectivity index (χ1v) is 8.14. The number of likely N-dealkylation sites (tertiary alicyclic amines) is 1. The van der Waals surface area contributed by atoms with Crippen LogP contribution in [0.3, 0.4) is 0 Å². The molecule has 0 aliphatic carbocycles. The van der Waals surface area contributed by atoms with Crippen LogP contribution in [0.1, 0.15) is 25.7 Å². The third-order valence-corrected chi connectivity index (χ3v) is 4.76. The Morgan fingerprint density at radius 3 is 2.41 bits per heavy atom. The van der Waals surface area contributed by atoms with E-state index < -0.39 is 0 Å². The molecule has 0 saturated carbocycles. The van der Waals surface area contributed by atoms with Gasteiger partial charge in [0.2, 0.25) is 11.8 Å². The number of morpholine rings is 1. The number of hydrogen-bond donors (Lipinski definition) is 1. The van der Waals surface area contributed by atoms with Crippen molar-refractivity contribution in [3.05, 3.63) is 0 Å². The zero-order valence-electron chi connectivity index (χ0n) is 13.0. The molecule has 3 rings (SSSR count). The van der Waals surface area contributed by atoms with Crippen molar-refractivity contribution in [1.82, 2.24) is 15.1 Å². The number of halogens is 1. The van der Waals surface area contributed by atoms with Crippen LogP contribution in [0.4, 0.5) is 0 Å². The molecule has 0 spiro atoms. The average Bonchev–Trinajstić information content (AvgIpc) is 3.09. The highest BCUT2D eigenvalue weighted by molar-refractivity contribution is 5.85. The number of nitrogens with zero attached hydrogens (tertiary/aromatic N) is 2. The Labute approximate surface area is 137 Å². The van der Waals surface area contributed by atoms with Gasteiger partial charge in [0.25, 0.3) is 0 Å². The number of amides is 2. The summed E-state index contributed by atoms with van der Waals surface area (Å²) in [4.78, 5) is 28.8. The van der Waals surface area contributed by atoms with Crippen LogP contribution in [-0.4, -0.2) is 73.6 Å². The zero-order chi connectivity index (χ0) is 14.7. The monoisotopic (exact) mass is 331 g/mol. The van der Waals surface area contributed by atoms with Gasteiger partial charge in [-0.2, -0.15) is 0 Å². The lowest BCUT2D eigenvalue weighted by molar-refractivity contribution is -0.144. The molecule has 3 heterocycles. The van der Waals surface area contributed by atoms with Gasteiger partial charge >= 0.3 is 0 Å². The van der Waals surface area contributed by atoms with Gasteiger partial charge in [0.15, 0.2) is 0 Å². The topological polar surface area (TPSA) is 61.9 Å². The Hall–Kier alpha value is -0.850. The van der Waals surface area contributed by atoms with E-state index in [1.165, 1.54) is 0 Å². The van der Waals surface area contributed by atoms with Crippen LogP contribution in [0.15, 0.2) is 0 Å². The minimum atomic E-state index is -0.0257. The molecule has 126 valence electrons. The molecule has 3 aliphatic heterocycles. The van der Waals surface area contributed by atoms with Gasteiger partial charge in [-0.3, -0.25) is 9.59 Å². The summed E-state index contributed by atoms with van der Waals surface area (Å²) in [6, 6.07) is -0.0257. The second-order valence-electron chi connectivity index (χ2n) is 6.21. The van der Waals surface area contributed by atoms with Gasteiger partial charge in [-0.15, -0.1) is 12.4 Å². The first-order valence-electron chi connectivity index (χ1n) is 8.14. The van der Waals surface area contributed by atoms with E-state index in [0.717, 1.165) is 38.8 Å². The van der Waals surface area contributed by atoms with Crippen LogP contribution in [-0.2, 0) is 14.3 Å². The van der Waals surface area contributed by atoms with Gasteiger partial charge in [-0.05, 0) is 32.2 Å². The molecule has 2 unspecified atom stereocenters. The molecule has 0 radical (unpaired) electrons. The van der Waals surface area contributed by atoms with E-state index >= 15 is 0 Å². The molecule has 22 heavy (non-hydrogen) atoms. The minimum absolute atomic E-state index is 0. The van der Waals surface area contributed by atoms with Crippen LogP contribution in [0, 0.1) is 5.92 Å². The maximum absolute atomic E-state index is 12.6. The number of carbonyl (C=O) groups is 2. The Bertz CT molecular complexity index is 395. The summed E-state index contributed by atoms with van der Waals surface area (Å²) in [7, 11) is 0. The standard InChI is InChI=1S/C15H25N3O3.ClH/c19-14(17-7-9-21-10-8-17)12-3-2-6-18(11-12)15(20)13-4-1-5-16-13;/h12-13,16H,1-11H2;1H. The Balaban J connectivity index is 0.00000176. The number of rotatable bonds is 2. The molecule has 0 bridgehead atoms. The first kappa shape index (κ1) is 17.5. The summed E-state index contributed by atoms with van der Waals surface area (Å²) in [6.07, 6.45) is 3.83. The molecule has 1 N–H and O–H groups in total. The second kappa shape index (κ2) is 8.13. The predicted molar refractivity (Wildman–Crippen MR) is 85.0 cm³/mol. The fourth-order valence-electron chi connectivity index (χ4n) is 3.54. The Kier molecular flexibility index (Phi) is 6.47. The highest BCUT2D eigenvalue weighted by atomic mass is 35.5. The fourth-order valence-corrected chi connectivity index (χ4v) is 3.54. The van der Waals surface area contributed by atoms with Crippen molar-refractivity contribution >= 4 is 24.2 Å². The molecule has 7 heteroatoms. The average molecular weight is 332 g/mol.